The maximum absolute atomic E-state index is 12.3. The molecule has 0 bridgehead atoms. The number of hydrogen-bond donors (Lipinski definition) is 3. The van der Waals surface area contributed by atoms with Gasteiger partial charge in [0.05, 0.1) is 31.8 Å². The van der Waals surface area contributed by atoms with Crippen molar-refractivity contribution < 1.29 is 27.8 Å². The van der Waals surface area contributed by atoms with Crippen LogP contribution < -0.4 is 14.9 Å². The van der Waals surface area contributed by atoms with E-state index in [2.05, 4.69) is 10.1 Å². The van der Waals surface area contributed by atoms with Crippen LogP contribution >= 0.6 is 0 Å². The van der Waals surface area contributed by atoms with Crippen molar-refractivity contribution in [3.8, 4) is 5.75 Å². The SMILES string of the molecule is COc1ccc(S(=O)(=O)N[C@@H](CO)C(=O)NN2CCOCC2)cc1. The lowest BCUT2D eigenvalue weighted by Gasteiger charge is -2.28. The molecule has 0 aliphatic carbocycles. The zero-order chi connectivity index (χ0) is 17.6. The largest absolute Gasteiger partial charge is 0.497 e. The van der Waals surface area contributed by atoms with Crippen LogP contribution in [0.15, 0.2) is 29.2 Å². The van der Waals surface area contributed by atoms with Crippen LogP contribution in [-0.4, -0.2) is 70.5 Å². The van der Waals surface area contributed by atoms with Crippen molar-refractivity contribution in [2.45, 2.75) is 10.9 Å². The quantitative estimate of drug-likeness (QED) is 0.554. The highest BCUT2D eigenvalue weighted by Crippen LogP contribution is 2.15. The van der Waals surface area contributed by atoms with E-state index >= 15 is 0 Å². The number of carbonyl (C=O) groups is 1. The second kappa shape index (κ2) is 8.40. The molecule has 0 unspecified atom stereocenters. The summed E-state index contributed by atoms with van der Waals surface area (Å²) in [5.74, 6) is -0.116. The predicted molar refractivity (Wildman–Crippen MR) is 84.7 cm³/mol. The average Bonchev–Trinajstić information content (AvgIpc) is 2.60. The molecule has 3 N–H and O–H groups in total. The summed E-state index contributed by atoms with van der Waals surface area (Å²) in [6, 6.07) is 4.41. The minimum Gasteiger partial charge on any atom is -0.497 e. The van der Waals surface area contributed by atoms with Crippen molar-refractivity contribution in [2.24, 2.45) is 0 Å². The van der Waals surface area contributed by atoms with Crippen molar-refractivity contribution in [1.29, 1.82) is 0 Å². The van der Waals surface area contributed by atoms with Gasteiger partial charge in [0.2, 0.25) is 10.0 Å². The summed E-state index contributed by atoms with van der Waals surface area (Å²) >= 11 is 0. The number of carbonyl (C=O) groups excluding carboxylic acids is 1. The van der Waals surface area contributed by atoms with Gasteiger partial charge < -0.3 is 14.6 Å². The van der Waals surface area contributed by atoms with Crippen LogP contribution in [0, 0.1) is 0 Å². The number of benzene rings is 1. The number of amides is 1. The molecule has 1 aromatic rings. The molecular formula is C14H21N3O6S. The molecule has 10 heteroatoms. The molecule has 0 saturated carbocycles. The molecule has 1 aliphatic heterocycles. The van der Waals surface area contributed by atoms with Crippen LogP contribution in [0.5, 0.6) is 5.75 Å². The highest BCUT2D eigenvalue weighted by Gasteiger charge is 2.26. The van der Waals surface area contributed by atoms with E-state index in [9.17, 15) is 18.3 Å². The second-order valence-corrected chi connectivity index (χ2v) is 6.82. The summed E-state index contributed by atoms with van der Waals surface area (Å²) in [6.07, 6.45) is 0. The molecule has 0 radical (unpaired) electrons. The van der Waals surface area contributed by atoms with Gasteiger partial charge in [-0.1, -0.05) is 0 Å². The Morgan fingerprint density at radius 2 is 1.96 bits per heavy atom. The van der Waals surface area contributed by atoms with Crippen molar-refractivity contribution in [1.82, 2.24) is 15.2 Å². The van der Waals surface area contributed by atoms with E-state index in [1.165, 1.54) is 31.4 Å². The normalized spacial score (nSPS) is 17.2. The first-order valence-electron chi connectivity index (χ1n) is 7.36. The smallest absolute Gasteiger partial charge is 0.254 e. The zero-order valence-electron chi connectivity index (χ0n) is 13.3. The third-order valence-electron chi connectivity index (χ3n) is 3.45. The fraction of sp³-hybridized carbons (Fsp3) is 0.500. The molecule has 1 aliphatic rings. The standard InChI is InChI=1S/C14H21N3O6S/c1-22-11-2-4-12(5-3-11)24(20,21)16-13(10-18)14(19)15-17-6-8-23-9-7-17/h2-5,13,16,18H,6-10H2,1H3,(H,15,19)/t13-/m0/s1. The summed E-state index contributed by atoms with van der Waals surface area (Å²) in [4.78, 5) is 12.1. The van der Waals surface area contributed by atoms with Crippen LogP contribution in [0.3, 0.4) is 0 Å². The summed E-state index contributed by atoms with van der Waals surface area (Å²) < 4.78 is 37.0. The Morgan fingerprint density at radius 3 is 2.50 bits per heavy atom. The Kier molecular flexibility index (Phi) is 6.52. The van der Waals surface area contributed by atoms with Gasteiger partial charge >= 0.3 is 0 Å². The highest BCUT2D eigenvalue weighted by molar-refractivity contribution is 7.89. The monoisotopic (exact) mass is 359 g/mol. The number of hydrogen-bond acceptors (Lipinski definition) is 7. The number of aliphatic hydroxyl groups excluding tert-OH is 1. The second-order valence-electron chi connectivity index (χ2n) is 5.11. The Bertz CT molecular complexity index is 643. The van der Waals surface area contributed by atoms with E-state index in [1.54, 1.807) is 5.01 Å². The van der Waals surface area contributed by atoms with Crippen molar-refractivity contribution in [3.63, 3.8) is 0 Å². The van der Waals surface area contributed by atoms with Crippen LogP contribution in [0.2, 0.25) is 0 Å². The Labute approximate surface area is 140 Å². The third-order valence-corrected chi connectivity index (χ3v) is 4.93. The van der Waals surface area contributed by atoms with E-state index in [1.807, 2.05) is 0 Å². The first-order chi connectivity index (χ1) is 11.5. The summed E-state index contributed by atoms with van der Waals surface area (Å²) in [7, 11) is -2.48. The lowest BCUT2D eigenvalue weighted by molar-refractivity contribution is -0.130. The van der Waals surface area contributed by atoms with Crippen LogP contribution in [0.25, 0.3) is 0 Å². The summed E-state index contributed by atoms with van der Waals surface area (Å²) in [6.45, 7) is 1.28. The van der Waals surface area contributed by atoms with Gasteiger partial charge in [0, 0.05) is 13.1 Å². The Morgan fingerprint density at radius 1 is 1.33 bits per heavy atom. The minimum absolute atomic E-state index is 0.0269. The van der Waals surface area contributed by atoms with Gasteiger partial charge in [-0.3, -0.25) is 10.2 Å². The first kappa shape index (κ1) is 18.6. The van der Waals surface area contributed by atoms with Crippen LogP contribution in [-0.2, 0) is 19.6 Å². The van der Waals surface area contributed by atoms with E-state index in [4.69, 9.17) is 9.47 Å². The number of nitrogens with one attached hydrogen (secondary N) is 2. The minimum atomic E-state index is -3.95. The number of hydrazine groups is 1. The van der Waals surface area contributed by atoms with Gasteiger partial charge in [0.25, 0.3) is 5.91 Å². The first-order valence-corrected chi connectivity index (χ1v) is 8.85. The van der Waals surface area contributed by atoms with E-state index < -0.39 is 28.6 Å². The Hall–Kier alpha value is -1.72. The third kappa shape index (κ3) is 4.89. The van der Waals surface area contributed by atoms with E-state index in [0.29, 0.717) is 32.1 Å². The molecule has 9 nitrogen and oxygen atoms in total. The number of methoxy groups -OCH3 is 1. The molecule has 134 valence electrons. The van der Waals surface area contributed by atoms with Gasteiger partial charge in [0.15, 0.2) is 0 Å². The topological polar surface area (TPSA) is 117 Å². The van der Waals surface area contributed by atoms with Gasteiger partial charge in [-0.25, -0.2) is 13.4 Å². The summed E-state index contributed by atoms with van der Waals surface area (Å²) in [5, 5.41) is 11.0. The molecule has 1 fully saturated rings. The van der Waals surface area contributed by atoms with E-state index in [0.717, 1.165) is 0 Å². The number of morpholine rings is 1. The number of ether oxygens (including phenoxy) is 2. The molecule has 1 saturated heterocycles. The fourth-order valence-electron chi connectivity index (χ4n) is 2.09. The van der Waals surface area contributed by atoms with Crippen LogP contribution in [0.4, 0.5) is 0 Å². The molecule has 0 spiro atoms. The van der Waals surface area contributed by atoms with E-state index in [-0.39, 0.29) is 4.90 Å². The van der Waals surface area contributed by atoms with Gasteiger partial charge in [-0.05, 0) is 24.3 Å². The Balaban J connectivity index is 2.02. The zero-order valence-corrected chi connectivity index (χ0v) is 14.1. The summed E-state index contributed by atoms with van der Waals surface area (Å²) in [5.41, 5.74) is 2.57. The van der Waals surface area contributed by atoms with Gasteiger partial charge in [-0.15, -0.1) is 0 Å². The molecule has 0 aromatic heterocycles. The fourth-order valence-corrected chi connectivity index (χ4v) is 3.28. The molecule has 2 rings (SSSR count). The van der Waals surface area contributed by atoms with Crippen molar-refractivity contribution in [2.75, 3.05) is 40.0 Å². The number of rotatable bonds is 7. The average molecular weight is 359 g/mol. The van der Waals surface area contributed by atoms with Crippen molar-refractivity contribution >= 4 is 15.9 Å². The predicted octanol–water partition coefficient (Wildman–Crippen LogP) is -1.30. The van der Waals surface area contributed by atoms with Crippen LogP contribution in [0.1, 0.15) is 0 Å². The molecule has 1 atom stereocenters. The molecular weight excluding hydrogens is 338 g/mol. The maximum Gasteiger partial charge on any atom is 0.254 e. The van der Waals surface area contributed by atoms with Gasteiger partial charge in [-0.2, -0.15) is 4.72 Å². The number of sulfonamides is 1. The lowest BCUT2D eigenvalue weighted by Crippen LogP contribution is -2.56. The number of aliphatic hydroxyl groups is 1. The molecule has 1 aromatic carbocycles. The highest BCUT2D eigenvalue weighted by atomic mass is 32.2. The maximum atomic E-state index is 12.3. The van der Waals surface area contributed by atoms with Crippen molar-refractivity contribution in [3.05, 3.63) is 24.3 Å². The van der Waals surface area contributed by atoms with Gasteiger partial charge in [0.1, 0.15) is 11.8 Å². The molecule has 1 amide bonds. The lowest BCUT2D eigenvalue weighted by atomic mass is 10.3. The number of nitrogens with zero attached hydrogens (tertiary/aromatic N) is 1. The molecule has 24 heavy (non-hydrogen) atoms. The molecule has 1 heterocycles.